The van der Waals surface area contributed by atoms with E-state index in [2.05, 4.69) is 84.4 Å². The molecule has 0 radical (unpaired) electrons. The lowest BCUT2D eigenvalue weighted by molar-refractivity contribution is -0.660. The molecule has 4 N–H and O–H groups in total. The van der Waals surface area contributed by atoms with Crippen molar-refractivity contribution in [2.75, 3.05) is 13.2 Å². The molecular weight excluding hydrogens is 580 g/mol. The zero-order valence-electron chi connectivity index (χ0n) is 27.8. The Hall–Kier alpha value is -3.76. The zero-order chi connectivity index (χ0) is 32.8. The first-order chi connectivity index (χ1) is 22.2. The van der Waals surface area contributed by atoms with Crippen LogP contribution in [0.5, 0.6) is 0 Å². The van der Waals surface area contributed by atoms with Crippen LogP contribution in [-0.2, 0) is 22.7 Å². The summed E-state index contributed by atoms with van der Waals surface area (Å²) < 4.78 is 8.72. The van der Waals surface area contributed by atoms with Crippen LogP contribution in [0.2, 0.25) is 0 Å². The summed E-state index contributed by atoms with van der Waals surface area (Å²) in [4.78, 5) is 26.3. The Labute approximate surface area is 272 Å². The fraction of sp³-hybridized carbons (Fsp3) is 0.556. The van der Waals surface area contributed by atoms with Crippen LogP contribution < -0.4 is 19.8 Å². The van der Waals surface area contributed by atoms with Crippen LogP contribution in [0.25, 0.3) is 22.1 Å². The lowest BCUT2D eigenvalue weighted by atomic mass is 9.89. The van der Waals surface area contributed by atoms with Gasteiger partial charge in [-0.1, -0.05) is 52.0 Å². The summed E-state index contributed by atoms with van der Waals surface area (Å²) in [6, 6.07) is 16.2. The normalized spacial score (nSPS) is 18.3. The summed E-state index contributed by atoms with van der Waals surface area (Å²) in [5.74, 6) is 0.520. The minimum atomic E-state index is -0.260. The Bertz CT molecular complexity index is 1510. The average Bonchev–Trinajstić information content (AvgIpc) is 3.58. The highest BCUT2D eigenvalue weighted by molar-refractivity contribution is 5.77. The van der Waals surface area contributed by atoms with Gasteiger partial charge in [0.05, 0.1) is 25.3 Å². The van der Waals surface area contributed by atoms with Crippen LogP contribution in [0.1, 0.15) is 78.3 Å². The number of carbonyl (C=O) groups is 2. The SMILES string of the molecule is CC(C)C[C@@H](CO)NC(=O)C[n+]1cn([C@@H]2CCCC[C@H]2n2c[n+](CC(=O)N[C@H](CO)CC(C)C)c3ccccc32)c2ccccc21. The molecule has 2 aromatic heterocycles. The Morgan fingerprint density at radius 3 is 1.48 bits per heavy atom. The number of nitrogens with zero attached hydrogens (tertiary/aromatic N) is 4. The number of nitrogens with one attached hydrogen (secondary N) is 2. The first kappa shape index (κ1) is 33.6. The van der Waals surface area contributed by atoms with Crippen molar-refractivity contribution in [1.82, 2.24) is 19.8 Å². The van der Waals surface area contributed by atoms with E-state index >= 15 is 0 Å². The molecule has 1 fully saturated rings. The van der Waals surface area contributed by atoms with Crippen molar-refractivity contribution in [1.29, 1.82) is 0 Å². The number of aliphatic hydroxyl groups is 2. The number of aliphatic hydroxyl groups excluding tert-OH is 2. The van der Waals surface area contributed by atoms with Gasteiger partial charge in [-0.2, -0.15) is 0 Å². The van der Waals surface area contributed by atoms with E-state index in [1.165, 1.54) is 0 Å². The van der Waals surface area contributed by atoms with Crippen molar-refractivity contribution in [2.24, 2.45) is 11.8 Å². The number of hydrogen-bond acceptors (Lipinski definition) is 4. The third kappa shape index (κ3) is 7.78. The smallest absolute Gasteiger partial charge is 0.262 e. The van der Waals surface area contributed by atoms with Crippen LogP contribution in [-0.4, -0.2) is 56.5 Å². The van der Waals surface area contributed by atoms with Crippen molar-refractivity contribution in [3.05, 3.63) is 61.2 Å². The number of amides is 2. The number of carbonyl (C=O) groups excluding carboxylic acids is 2. The lowest BCUT2D eigenvalue weighted by Gasteiger charge is -2.27. The highest BCUT2D eigenvalue weighted by Crippen LogP contribution is 2.40. The maximum atomic E-state index is 13.1. The molecule has 2 amide bonds. The van der Waals surface area contributed by atoms with E-state index in [9.17, 15) is 19.8 Å². The van der Waals surface area contributed by atoms with Crippen LogP contribution in [0.3, 0.4) is 0 Å². The standard InChI is InChI=1S/C36H50N6O4/c1-25(2)17-27(21-43)37-35(45)19-39-23-41(31-13-7-5-11-29(31)39)33-15-9-10-16-34(33)42-24-40(30-12-6-8-14-32(30)42)20-36(46)38-28(22-44)18-26(3)4/h5-8,11-14,23-28,33-34,43-44H,9-10,15-22H2,1-4H3/p+2/t27-,28-,33+,34+/m0/s1. The Morgan fingerprint density at radius 2 is 1.11 bits per heavy atom. The minimum Gasteiger partial charge on any atom is -0.394 e. The van der Waals surface area contributed by atoms with E-state index in [-0.39, 0.29) is 62.3 Å². The van der Waals surface area contributed by atoms with Crippen molar-refractivity contribution >= 4 is 33.9 Å². The van der Waals surface area contributed by atoms with E-state index in [1.807, 2.05) is 33.4 Å². The molecule has 46 heavy (non-hydrogen) atoms. The van der Waals surface area contributed by atoms with Gasteiger partial charge < -0.3 is 20.8 Å². The van der Waals surface area contributed by atoms with Crippen LogP contribution in [0.4, 0.5) is 0 Å². The summed E-state index contributed by atoms with van der Waals surface area (Å²) in [5, 5.41) is 25.7. The molecule has 2 heterocycles. The maximum absolute atomic E-state index is 13.1. The van der Waals surface area contributed by atoms with E-state index in [1.54, 1.807) is 0 Å². The second-order valence-corrected chi connectivity index (χ2v) is 13.9. The quantitative estimate of drug-likeness (QED) is 0.159. The van der Waals surface area contributed by atoms with Gasteiger partial charge in [0.15, 0.2) is 35.2 Å². The summed E-state index contributed by atoms with van der Waals surface area (Å²) in [5.41, 5.74) is 4.15. The molecule has 2 aromatic carbocycles. The van der Waals surface area contributed by atoms with Gasteiger partial charge in [-0.05, 0) is 74.6 Å². The number of imidazole rings is 2. The molecule has 0 saturated heterocycles. The molecule has 0 unspecified atom stereocenters. The molecule has 1 aliphatic rings. The molecule has 4 aromatic rings. The number of benzene rings is 2. The van der Waals surface area contributed by atoms with Crippen LogP contribution >= 0.6 is 0 Å². The van der Waals surface area contributed by atoms with Crippen LogP contribution in [0.15, 0.2) is 61.2 Å². The minimum absolute atomic E-state index is 0.0768. The monoisotopic (exact) mass is 632 g/mol. The summed E-state index contributed by atoms with van der Waals surface area (Å²) in [6.07, 6.45) is 9.84. The van der Waals surface area contributed by atoms with E-state index < -0.39 is 0 Å². The molecule has 1 saturated carbocycles. The van der Waals surface area contributed by atoms with E-state index in [0.29, 0.717) is 11.8 Å². The Balaban J connectivity index is 1.44. The van der Waals surface area contributed by atoms with E-state index in [0.717, 1.165) is 60.6 Å². The molecule has 248 valence electrons. The van der Waals surface area contributed by atoms with Gasteiger partial charge in [0.1, 0.15) is 12.1 Å². The first-order valence-electron chi connectivity index (χ1n) is 17.0. The second kappa shape index (κ2) is 15.2. The summed E-state index contributed by atoms with van der Waals surface area (Å²) in [7, 11) is 0. The highest BCUT2D eigenvalue weighted by Gasteiger charge is 2.38. The topological polar surface area (TPSA) is 116 Å². The Kier molecular flexibility index (Phi) is 11.1. The van der Waals surface area contributed by atoms with Gasteiger partial charge in [0, 0.05) is 0 Å². The highest BCUT2D eigenvalue weighted by atomic mass is 16.3. The van der Waals surface area contributed by atoms with E-state index in [4.69, 9.17) is 0 Å². The Morgan fingerprint density at radius 1 is 0.717 bits per heavy atom. The molecule has 10 heteroatoms. The number of aromatic nitrogens is 4. The number of fused-ring (bicyclic) bond motifs is 2. The zero-order valence-corrected chi connectivity index (χ0v) is 27.8. The van der Waals surface area contributed by atoms with Gasteiger partial charge >= 0.3 is 0 Å². The largest absolute Gasteiger partial charge is 0.394 e. The third-order valence-corrected chi connectivity index (χ3v) is 9.19. The van der Waals surface area contributed by atoms with Gasteiger partial charge in [-0.3, -0.25) is 9.59 Å². The molecule has 10 nitrogen and oxygen atoms in total. The molecule has 4 atom stereocenters. The summed E-state index contributed by atoms with van der Waals surface area (Å²) >= 11 is 0. The van der Waals surface area contributed by atoms with Crippen molar-refractivity contribution in [2.45, 2.75) is 103 Å². The predicted octanol–water partition coefficient (Wildman–Crippen LogP) is 3.57. The molecule has 0 aliphatic heterocycles. The fourth-order valence-electron chi connectivity index (χ4n) is 7.27. The number of para-hydroxylation sites is 4. The number of rotatable bonds is 14. The lowest BCUT2D eigenvalue weighted by Crippen LogP contribution is -2.47. The van der Waals surface area contributed by atoms with Gasteiger partial charge in [0.25, 0.3) is 11.8 Å². The van der Waals surface area contributed by atoms with Crippen molar-refractivity contribution in [3.8, 4) is 0 Å². The third-order valence-electron chi connectivity index (χ3n) is 9.19. The second-order valence-electron chi connectivity index (χ2n) is 13.9. The van der Waals surface area contributed by atoms with Gasteiger partial charge in [-0.15, -0.1) is 0 Å². The summed E-state index contributed by atoms with van der Waals surface area (Å²) in [6.45, 7) is 8.54. The fourth-order valence-corrected chi connectivity index (χ4v) is 7.27. The van der Waals surface area contributed by atoms with Crippen molar-refractivity contribution in [3.63, 3.8) is 0 Å². The van der Waals surface area contributed by atoms with Gasteiger partial charge in [0.2, 0.25) is 12.7 Å². The molecule has 1 aliphatic carbocycles. The molecule has 5 rings (SSSR count). The van der Waals surface area contributed by atoms with Crippen molar-refractivity contribution < 1.29 is 28.9 Å². The molecule has 0 spiro atoms. The predicted molar refractivity (Wildman–Crippen MR) is 178 cm³/mol. The number of hydrogen-bond donors (Lipinski definition) is 4. The first-order valence-corrected chi connectivity index (χ1v) is 17.0. The molecule has 0 bridgehead atoms. The van der Waals surface area contributed by atoms with Crippen LogP contribution in [0, 0.1) is 11.8 Å². The average molecular weight is 633 g/mol. The maximum Gasteiger partial charge on any atom is 0.262 e. The van der Waals surface area contributed by atoms with Gasteiger partial charge in [-0.25, -0.2) is 18.3 Å². The molecular formula is C36H52N6O4+2.